The van der Waals surface area contributed by atoms with Crippen LogP contribution < -0.4 is 48.0 Å². The predicted octanol–water partition coefficient (Wildman–Crippen LogP) is 14.3. The molecular formula is C72H113BF3IN12O10. The fourth-order valence-corrected chi connectivity index (χ4v) is 12.4. The van der Waals surface area contributed by atoms with E-state index in [0.29, 0.717) is 49.3 Å². The molecule has 8 N–H and O–H groups in total. The summed E-state index contributed by atoms with van der Waals surface area (Å²) < 4.78 is 71.5. The van der Waals surface area contributed by atoms with Gasteiger partial charge in [-0.3, -0.25) is 0 Å². The Bertz CT molecular complexity index is 3270. The average molecular weight is 1500 g/mol. The van der Waals surface area contributed by atoms with Crippen LogP contribution >= 0.6 is 22.6 Å². The fraction of sp³-hybridized carbons (Fsp3) is 0.639. The van der Waals surface area contributed by atoms with Crippen molar-refractivity contribution in [2.45, 2.75) is 210 Å². The van der Waals surface area contributed by atoms with Gasteiger partial charge in [-0.05, 0) is 255 Å². The molecule has 0 saturated carbocycles. The SMILES string of the molecule is CC(C)(C)OC(=O)N[C@@]1(C)CCN(c2cc(I)cc(N)n2)C1.CCOCC.CCOCC.CC[C@@H]1CCN(C(=O)Nc2ccc(C)c(-c3cc(N)nc(N4CC[C@](C)(NC(=O)OC(C)(C)C)C4)c3)c2)C1.Cc1ccc(NC(=O)N2CC[C@@H](CC(F)(F)F)C2)cc1B1OC(C)(C)C(C)(C)O1. The fourth-order valence-electron chi connectivity index (χ4n) is 11.8. The van der Waals surface area contributed by atoms with E-state index in [9.17, 15) is 32.3 Å². The zero-order valence-electron chi connectivity index (χ0n) is 62.2. The molecule has 0 bridgehead atoms. The normalized spacial score (nSPS) is 20.8. The van der Waals surface area contributed by atoms with Crippen LogP contribution in [0.5, 0.6) is 0 Å². The molecule has 5 fully saturated rings. The van der Waals surface area contributed by atoms with Crippen molar-refractivity contribution in [3.05, 3.63) is 75.4 Å². The molecule has 0 unspecified atom stereocenters. The highest BCUT2D eigenvalue weighted by molar-refractivity contribution is 14.1. The highest BCUT2D eigenvalue weighted by Crippen LogP contribution is 2.38. The Hall–Kier alpha value is -6.56. The summed E-state index contributed by atoms with van der Waals surface area (Å²) >= 11 is 2.22. The van der Waals surface area contributed by atoms with E-state index < -0.39 is 65.7 Å². The van der Waals surface area contributed by atoms with E-state index in [0.717, 1.165) is 127 Å². The van der Waals surface area contributed by atoms with E-state index in [1.54, 1.807) is 12.1 Å². The molecule has 5 aliphatic heterocycles. The maximum absolute atomic E-state index is 12.8. The first-order chi connectivity index (χ1) is 46.0. The van der Waals surface area contributed by atoms with Crippen LogP contribution in [-0.4, -0.2) is 170 Å². The smallest absolute Gasteiger partial charge is 0.444 e. The number of amides is 6. The Kier molecular flexibility index (Phi) is 30.1. The van der Waals surface area contributed by atoms with Crippen LogP contribution in [-0.2, 0) is 28.3 Å². The van der Waals surface area contributed by atoms with E-state index in [-0.39, 0.29) is 24.2 Å². The van der Waals surface area contributed by atoms with E-state index in [2.05, 4.69) is 70.5 Å². The molecule has 27 heteroatoms. The summed E-state index contributed by atoms with van der Waals surface area (Å²) in [5.74, 6) is 2.57. The molecule has 5 saturated heterocycles. The first-order valence-electron chi connectivity index (χ1n) is 34.6. The van der Waals surface area contributed by atoms with Crippen LogP contribution in [0.3, 0.4) is 0 Å². The maximum Gasteiger partial charge on any atom is 0.495 e. The monoisotopic (exact) mass is 1500 g/mol. The zero-order chi connectivity index (χ0) is 74.1. The second kappa shape index (κ2) is 35.9. The van der Waals surface area contributed by atoms with Crippen LogP contribution in [0.1, 0.15) is 167 Å². The molecule has 0 spiro atoms. The van der Waals surface area contributed by atoms with Crippen molar-refractivity contribution in [2.24, 2.45) is 11.8 Å². The molecule has 4 atom stereocenters. The third-order valence-electron chi connectivity index (χ3n) is 17.7. The lowest BCUT2D eigenvalue weighted by Crippen LogP contribution is -2.49. The Morgan fingerprint density at radius 3 is 1.47 bits per heavy atom. The number of hydrogen-bond donors (Lipinski definition) is 6. The zero-order valence-corrected chi connectivity index (χ0v) is 64.3. The van der Waals surface area contributed by atoms with Crippen molar-refractivity contribution in [3.8, 4) is 11.1 Å². The average Bonchev–Trinajstić information content (AvgIpc) is 1.65. The molecule has 22 nitrogen and oxygen atoms in total. The summed E-state index contributed by atoms with van der Waals surface area (Å²) in [5, 5.41) is 11.9. The summed E-state index contributed by atoms with van der Waals surface area (Å²) in [5.41, 5.74) is 15.4. The lowest BCUT2D eigenvalue weighted by Gasteiger charge is -2.32. The van der Waals surface area contributed by atoms with Crippen LogP contribution in [0, 0.1) is 29.3 Å². The van der Waals surface area contributed by atoms with Crippen LogP contribution in [0.4, 0.5) is 67.0 Å². The van der Waals surface area contributed by atoms with Gasteiger partial charge in [-0.25, -0.2) is 29.1 Å². The number of nitrogen functional groups attached to an aromatic ring is 2. The third-order valence-corrected chi connectivity index (χ3v) is 18.3. The van der Waals surface area contributed by atoms with Gasteiger partial charge < -0.3 is 80.6 Å². The largest absolute Gasteiger partial charge is 0.495 e. The van der Waals surface area contributed by atoms with Gasteiger partial charge in [0.2, 0.25) is 0 Å². The van der Waals surface area contributed by atoms with E-state index in [1.807, 2.05) is 178 Å². The minimum absolute atomic E-state index is 0.0560. The number of ether oxygens (including phenoxy) is 4. The Balaban J connectivity index is 0.000000257. The highest BCUT2D eigenvalue weighted by Gasteiger charge is 2.52. The minimum atomic E-state index is -4.20. The molecule has 99 heavy (non-hydrogen) atoms. The van der Waals surface area contributed by atoms with Gasteiger partial charge in [0.15, 0.2) is 0 Å². The van der Waals surface area contributed by atoms with Crippen LogP contribution in [0.15, 0.2) is 60.7 Å². The second-order valence-corrected chi connectivity index (χ2v) is 30.7. The van der Waals surface area contributed by atoms with Gasteiger partial charge in [0, 0.05) is 100 Å². The molecule has 9 rings (SSSR count). The number of alkyl carbamates (subject to hydrolysis) is 2. The van der Waals surface area contributed by atoms with Gasteiger partial charge in [0.1, 0.15) is 34.5 Å². The van der Waals surface area contributed by atoms with Crippen molar-refractivity contribution < 1.29 is 60.6 Å². The lowest BCUT2D eigenvalue weighted by molar-refractivity contribution is -0.143. The Labute approximate surface area is 600 Å². The number of alkyl halides is 3. The van der Waals surface area contributed by atoms with Gasteiger partial charge in [-0.15, -0.1) is 0 Å². The summed E-state index contributed by atoms with van der Waals surface area (Å²) in [6.45, 7) is 45.4. The maximum atomic E-state index is 12.8. The standard InChI is InChI=1S/C29H42N6O3.C20H28BF3N2O3.C15H23IN4O2.2C4H10O/c1-7-20-10-12-34(17-20)26(36)31-22-9-8-19(2)23(16-22)21-14-24(30)32-25(15-21)35-13-11-29(6,18-35)33-27(37)38-28(3,4)5;1-13-6-7-15(10-16(13)21-28-18(2,3)19(4,5)29-21)25-17(27)26-9-8-14(12-26)11-20(22,23)24;1-14(2,3)22-13(21)19-15(4)5-6-20(9-15)12-8-10(16)7-11(17)18-12;2*1-3-5-4-2/h8-9,14-16,20H,7,10-13,17-18H2,1-6H3,(H2,30,32)(H,31,36)(H,33,37);6-7,10,14H,8-9,11-12H2,1-5H3,(H,25,27);7-8H,5-6,9H2,1-4H3,(H2,17,18)(H,19,21);2*3-4H2,1-2H3/t20-,29+;14-;15-;;/m100../s1. The van der Waals surface area contributed by atoms with E-state index in [1.165, 1.54) is 4.90 Å². The summed E-state index contributed by atoms with van der Waals surface area (Å²) in [7, 11) is -0.556. The number of carbonyl (C=O) groups excluding carboxylic acids is 4. The Morgan fingerprint density at radius 2 is 1.05 bits per heavy atom. The third kappa shape index (κ3) is 26.7. The Morgan fingerprint density at radius 1 is 0.616 bits per heavy atom. The molecule has 6 amide bonds. The molecule has 7 heterocycles. The van der Waals surface area contributed by atoms with Gasteiger partial charge in [0.05, 0.1) is 22.3 Å². The van der Waals surface area contributed by atoms with Crippen molar-refractivity contribution in [2.75, 3.05) is 111 Å². The number of anilines is 6. The number of urea groups is 2. The summed E-state index contributed by atoms with van der Waals surface area (Å²) in [6, 6.07) is 18.6. The number of nitrogens with one attached hydrogen (secondary N) is 4. The molecule has 4 aromatic rings. The molecule has 5 aliphatic rings. The van der Waals surface area contributed by atoms with Crippen molar-refractivity contribution >= 4 is 94.1 Å². The van der Waals surface area contributed by atoms with Gasteiger partial charge in [-0.2, -0.15) is 13.2 Å². The number of rotatable bonds is 14. The number of pyridine rings is 2. The second-order valence-electron chi connectivity index (χ2n) is 29.5. The van der Waals surface area contributed by atoms with Crippen molar-refractivity contribution in [1.82, 2.24) is 30.4 Å². The number of nitrogens with zero attached hydrogens (tertiary/aromatic N) is 6. The van der Waals surface area contributed by atoms with E-state index >= 15 is 0 Å². The van der Waals surface area contributed by atoms with Gasteiger partial charge in [0.25, 0.3) is 0 Å². The van der Waals surface area contributed by atoms with E-state index in [4.69, 9.17) is 39.7 Å². The number of carbonyl (C=O) groups is 4. The van der Waals surface area contributed by atoms with Gasteiger partial charge >= 0.3 is 37.5 Å². The number of nitrogens with two attached hydrogens (primary N) is 2. The van der Waals surface area contributed by atoms with Crippen molar-refractivity contribution in [1.29, 1.82) is 0 Å². The minimum Gasteiger partial charge on any atom is -0.444 e. The summed E-state index contributed by atoms with van der Waals surface area (Å²) in [6.07, 6.45) is -1.75. The first kappa shape index (κ1) is 83.1. The van der Waals surface area contributed by atoms with Crippen molar-refractivity contribution in [3.63, 3.8) is 0 Å². The number of aromatic nitrogens is 2. The number of likely N-dealkylation sites (tertiary alicyclic amines) is 2. The number of hydrogen-bond acceptors (Lipinski definition) is 16. The number of aryl methyl sites for hydroxylation is 2. The molecule has 2 aromatic carbocycles. The predicted molar refractivity (Wildman–Crippen MR) is 399 cm³/mol. The molecule has 2 aromatic heterocycles. The molecule has 552 valence electrons. The highest BCUT2D eigenvalue weighted by atomic mass is 127. The quantitative estimate of drug-likeness (QED) is 0.0506. The molecular weight excluding hydrogens is 1390 g/mol. The number of halogens is 4. The lowest BCUT2D eigenvalue weighted by atomic mass is 9.76. The topological polar surface area (TPSA) is 263 Å². The number of benzene rings is 2. The molecule has 0 aliphatic carbocycles. The first-order valence-corrected chi connectivity index (χ1v) is 35.7. The van der Waals surface area contributed by atoms with Crippen LogP contribution in [0.25, 0.3) is 11.1 Å². The van der Waals surface area contributed by atoms with Gasteiger partial charge in [-0.1, -0.05) is 31.0 Å². The van der Waals surface area contributed by atoms with Crippen LogP contribution in [0.2, 0.25) is 0 Å². The summed E-state index contributed by atoms with van der Waals surface area (Å²) in [4.78, 5) is 66.3. The molecule has 0 radical (unpaired) electrons.